The molecule has 0 heterocycles. The van der Waals surface area contributed by atoms with Crippen LogP contribution in [0.4, 0.5) is 4.39 Å². The molecule has 12 heavy (non-hydrogen) atoms. The number of hydrogen-bond donors (Lipinski definition) is 0. The van der Waals surface area contributed by atoms with Crippen LogP contribution in [0.3, 0.4) is 0 Å². The Balaban J connectivity index is 3.13. The highest BCUT2D eigenvalue weighted by Crippen LogP contribution is 2.12. The van der Waals surface area contributed by atoms with Crippen LogP contribution in [-0.2, 0) is 4.79 Å². The van der Waals surface area contributed by atoms with E-state index in [1.807, 2.05) is 6.92 Å². The molecule has 1 atom stereocenters. The van der Waals surface area contributed by atoms with Gasteiger partial charge in [-0.1, -0.05) is 25.1 Å². The first-order chi connectivity index (χ1) is 5.66. The summed E-state index contributed by atoms with van der Waals surface area (Å²) in [7, 11) is 0. The monoisotopic (exact) mass is 192 g/mol. The first-order valence-corrected chi connectivity index (χ1v) is 5.42. The van der Waals surface area contributed by atoms with E-state index in [-0.39, 0.29) is 5.12 Å². The van der Waals surface area contributed by atoms with Gasteiger partial charge < -0.3 is 0 Å². The second kappa shape index (κ2) is 7.59. The summed E-state index contributed by atoms with van der Waals surface area (Å²) >= 11 is 1.29. The van der Waals surface area contributed by atoms with E-state index in [1.54, 1.807) is 6.92 Å². The molecule has 0 N–H and O–H groups in total. The molecule has 3 heteroatoms. The van der Waals surface area contributed by atoms with Gasteiger partial charge in [-0.25, -0.2) is 4.39 Å². The van der Waals surface area contributed by atoms with Crippen molar-refractivity contribution in [2.75, 3.05) is 5.75 Å². The highest BCUT2D eigenvalue weighted by Gasteiger charge is 2.04. The van der Waals surface area contributed by atoms with Crippen molar-refractivity contribution in [1.82, 2.24) is 0 Å². The van der Waals surface area contributed by atoms with Gasteiger partial charge in [-0.2, -0.15) is 0 Å². The van der Waals surface area contributed by atoms with Crippen LogP contribution in [-0.4, -0.2) is 17.0 Å². The third kappa shape index (κ3) is 8.05. The molecule has 0 aromatic rings. The zero-order valence-corrected chi connectivity index (χ0v) is 8.62. The predicted molar refractivity (Wildman–Crippen MR) is 52.2 cm³/mol. The van der Waals surface area contributed by atoms with E-state index in [1.165, 1.54) is 11.8 Å². The van der Waals surface area contributed by atoms with Crippen LogP contribution < -0.4 is 0 Å². The number of carbonyl (C=O) groups excluding carboxylic acids is 1. The van der Waals surface area contributed by atoms with Crippen molar-refractivity contribution in [2.45, 2.75) is 45.7 Å². The predicted octanol–water partition coefficient (Wildman–Crippen LogP) is 3.18. The lowest BCUT2D eigenvalue weighted by molar-refractivity contribution is -0.109. The highest BCUT2D eigenvalue weighted by atomic mass is 32.2. The summed E-state index contributed by atoms with van der Waals surface area (Å²) in [6, 6.07) is 0. The summed E-state index contributed by atoms with van der Waals surface area (Å²) in [5.41, 5.74) is 0. The Kier molecular flexibility index (Phi) is 7.56. The van der Waals surface area contributed by atoms with Crippen LogP contribution in [0.2, 0.25) is 0 Å². The number of halogens is 1. The van der Waals surface area contributed by atoms with Crippen LogP contribution in [0.5, 0.6) is 0 Å². The van der Waals surface area contributed by atoms with Crippen molar-refractivity contribution in [2.24, 2.45) is 0 Å². The average molecular weight is 192 g/mol. The van der Waals surface area contributed by atoms with Gasteiger partial charge in [0.05, 0.1) is 0 Å². The zero-order chi connectivity index (χ0) is 9.40. The van der Waals surface area contributed by atoms with Gasteiger partial charge in [0.25, 0.3) is 0 Å². The fourth-order valence-corrected chi connectivity index (χ4v) is 1.58. The summed E-state index contributed by atoms with van der Waals surface area (Å²) in [4.78, 5) is 10.5. The molecule has 0 aliphatic carbocycles. The van der Waals surface area contributed by atoms with Gasteiger partial charge in [0.15, 0.2) is 5.12 Å². The number of hydrogen-bond acceptors (Lipinski definition) is 2. The lowest BCUT2D eigenvalue weighted by Gasteiger charge is -2.04. The molecule has 0 amide bonds. The molecular weight excluding hydrogens is 175 g/mol. The molecule has 0 saturated heterocycles. The van der Waals surface area contributed by atoms with Crippen molar-refractivity contribution in [3.05, 3.63) is 0 Å². The minimum Gasteiger partial charge on any atom is -0.288 e. The fourth-order valence-electron chi connectivity index (χ4n) is 0.978. The van der Waals surface area contributed by atoms with Gasteiger partial charge in [-0.3, -0.25) is 4.79 Å². The van der Waals surface area contributed by atoms with Crippen LogP contribution >= 0.6 is 11.8 Å². The summed E-state index contributed by atoms with van der Waals surface area (Å²) in [5, 5.41) is 0.126. The second-order valence-corrected chi connectivity index (χ2v) is 4.14. The smallest absolute Gasteiger partial charge is 0.185 e. The number of carbonyl (C=O) groups is 1. The standard InChI is InChI=1S/C9H17FOS/c1-3-5-9(10)6-4-7-12-8(2)11/h9H,3-7H2,1-2H3. The maximum absolute atomic E-state index is 12.8. The molecule has 0 bridgehead atoms. The van der Waals surface area contributed by atoms with E-state index in [4.69, 9.17) is 0 Å². The van der Waals surface area contributed by atoms with Crippen molar-refractivity contribution in [3.63, 3.8) is 0 Å². The first-order valence-electron chi connectivity index (χ1n) is 4.44. The third-order valence-electron chi connectivity index (χ3n) is 1.57. The molecule has 0 fully saturated rings. The Morgan fingerprint density at radius 2 is 2.17 bits per heavy atom. The van der Waals surface area contributed by atoms with E-state index in [9.17, 15) is 9.18 Å². The van der Waals surface area contributed by atoms with Gasteiger partial charge in [0.2, 0.25) is 0 Å². The molecular formula is C9H17FOS. The Labute approximate surface area is 78.1 Å². The summed E-state index contributed by atoms with van der Waals surface area (Å²) in [6.07, 6.45) is 2.31. The molecule has 1 unspecified atom stereocenters. The Morgan fingerprint density at radius 3 is 2.67 bits per heavy atom. The Hall–Kier alpha value is -0.0500. The van der Waals surface area contributed by atoms with E-state index in [0.717, 1.165) is 18.6 Å². The van der Waals surface area contributed by atoms with Gasteiger partial charge in [-0.15, -0.1) is 0 Å². The Morgan fingerprint density at radius 1 is 1.50 bits per heavy atom. The minimum absolute atomic E-state index is 0.126. The van der Waals surface area contributed by atoms with Crippen molar-refractivity contribution >= 4 is 16.9 Å². The summed E-state index contributed by atoms with van der Waals surface area (Å²) in [6.45, 7) is 3.53. The van der Waals surface area contributed by atoms with E-state index < -0.39 is 6.17 Å². The first kappa shape index (κ1) is 11.9. The zero-order valence-electron chi connectivity index (χ0n) is 7.81. The van der Waals surface area contributed by atoms with Crippen LogP contribution in [0.1, 0.15) is 39.5 Å². The molecule has 0 aromatic heterocycles. The minimum atomic E-state index is -0.664. The van der Waals surface area contributed by atoms with Crippen LogP contribution in [0.15, 0.2) is 0 Å². The summed E-state index contributed by atoms with van der Waals surface area (Å²) < 4.78 is 12.8. The maximum atomic E-state index is 12.8. The largest absolute Gasteiger partial charge is 0.288 e. The van der Waals surface area contributed by atoms with Gasteiger partial charge in [0.1, 0.15) is 6.17 Å². The van der Waals surface area contributed by atoms with Crippen molar-refractivity contribution in [1.29, 1.82) is 0 Å². The normalized spacial score (nSPS) is 12.9. The van der Waals surface area contributed by atoms with E-state index in [0.29, 0.717) is 12.8 Å². The quantitative estimate of drug-likeness (QED) is 0.601. The number of thioether (sulfide) groups is 1. The van der Waals surface area contributed by atoms with Crippen LogP contribution in [0.25, 0.3) is 0 Å². The van der Waals surface area contributed by atoms with E-state index in [2.05, 4.69) is 0 Å². The lowest BCUT2D eigenvalue weighted by atomic mass is 10.1. The van der Waals surface area contributed by atoms with Crippen LogP contribution in [0, 0.1) is 0 Å². The van der Waals surface area contributed by atoms with Gasteiger partial charge in [0, 0.05) is 12.7 Å². The van der Waals surface area contributed by atoms with E-state index >= 15 is 0 Å². The molecule has 0 saturated carbocycles. The fraction of sp³-hybridized carbons (Fsp3) is 0.889. The lowest BCUT2D eigenvalue weighted by Crippen LogP contribution is -2.00. The number of alkyl halides is 1. The SMILES string of the molecule is CCCC(F)CCCSC(C)=O. The second-order valence-electron chi connectivity index (χ2n) is 2.87. The van der Waals surface area contributed by atoms with Gasteiger partial charge >= 0.3 is 0 Å². The highest BCUT2D eigenvalue weighted by molar-refractivity contribution is 8.13. The molecule has 0 rings (SSSR count). The van der Waals surface area contributed by atoms with Crippen molar-refractivity contribution < 1.29 is 9.18 Å². The number of rotatable bonds is 6. The van der Waals surface area contributed by atoms with Gasteiger partial charge in [-0.05, 0) is 19.3 Å². The average Bonchev–Trinajstić information content (AvgIpc) is 1.98. The Bertz CT molecular complexity index is 128. The topological polar surface area (TPSA) is 17.1 Å². The molecule has 0 spiro atoms. The molecule has 0 aliphatic heterocycles. The third-order valence-corrected chi connectivity index (χ3v) is 2.47. The molecule has 0 radical (unpaired) electrons. The molecule has 72 valence electrons. The maximum Gasteiger partial charge on any atom is 0.185 e. The molecule has 0 aromatic carbocycles. The molecule has 1 nitrogen and oxygen atoms in total. The van der Waals surface area contributed by atoms with Crippen molar-refractivity contribution in [3.8, 4) is 0 Å². The summed E-state index contributed by atoms with van der Waals surface area (Å²) in [5.74, 6) is 0.763. The molecule has 0 aliphatic rings.